The lowest BCUT2D eigenvalue weighted by Crippen LogP contribution is -2.29. The first-order valence-electron chi connectivity index (χ1n) is 9.61. The van der Waals surface area contributed by atoms with E-state index < -0.39 is 28.5 Å². The molecule has 168 valence electrons. The molecule has 1 heterocycles. The second-order valence-electron chi connectivity index (χ2n) is 7.16. The van der Waals surface area contributed by atoms with Crippen LogP contribution in [-0.4, -0.2) is 25.2 Å². The molecule has 3 aromatic rings. The van der Waals surface area contributed by atoms with Crippen LogP contribution in [0, 0.1) is 5.82 Å². The van der Waals surface area contributed by atoms with Crippen molar-refractivity contribution in [1.82, 2.24) is 14.9 Å². The minimum atomic E-state index is -3.88. The zero-order chi connectivity index (χ0) is 22.9. The first kappa shape index (κ1) is 22.0. The predicted octanol–water partition coefficient (Wildman–Crippen LogP) is 4.44. The normalized spacial score (nSPS) is 14.7. The second kappa shape index (κ2) is 8.75. The van der Waals surface area contributed by atoms with Gasteiger partial charge in [0.2, 0.25) is 21.7 Å². The molecule has 32 heavy (non-hydrogen) atoms. The van der Waals surface area contributed by atoms with Crippen molar-refractivity contribution in [3.8, 4) is 17.1 Å². The Labute approximate surface area is 182 Å². The number of halogens is 3. The highest BCUT2D eigenvalue weighted by atomic mass is 32.2. The third kappa shape index (κ3) is 4.83. The Morgan fingerprint density at radius 1 is 1.12 bits per heavy atom. The number of aryl methyl sites for hydroxylation is 1. The molecule has 0 amide bonds. The summed E-state index contributed by atoms with van der Waals surface area (Å²) in [5, 5.41) is 3.81. The van der Waals surface area contributed by atoms with Crippen molar-refractivity contribution >= 4 is 16.1 Å². The fourth-order valence-electron chi connectivity index (χ4n) is 3.32. The number of allylic oxidation sites excluding steroid dienone is 1. The molecule has 0 spiro atoms. The van der Waals surface area contributed by atoms with Gasteiger partial charge < -0.3 is 9.26 Å². The lowest BCUT2D eigenvalue weighted by molar-refractivity contribution is -0.0498. The van der Waals surface area contributed by atoms with Crippen LogP contribution in [0.2, 0.25) is 0 Å². The monoisotopic (exact) mass is 465 g/mol. The quantitative estimate of drug-likeness (QED) is 0.554. The number of aromatic nitrogens is 2. The van der Waals surface area contributed by atoms with Crippen molar-refractivity contribution in [3.05, 3.63) is 70.2 Å². The fraction of sp³-hybridized carbons (Fsp3) is 0.238. The van der Waals surface area contributed by atoms with E-state index >= 15 is 0 Å². The number of hydrogen-bond donors (Lipinski definition) is 1. The standard InChI is InChI=1S/C21H18F3N3O4S/c1-12(20-25-19(26-31-20)13-2-6-16(22)7-3-13)27-32(28,29)18-9-5-14-10-17(30-21(23)24)8-4-15(14)11-18/h2-4,6-8,10-12,21,27H,5,9H2,1H3. The van der Waals surface area contributed by atoms with Crippen LogP contribution in [0.25, 0.3) is 17.5 Å². The van der Waals surface area contributed by atoms with Crippen molar-refractivity contribution < 1.29 is 30.8 Å². The molecular weight excluding hydrogens is 447 g/mol. The van der Waals surface area contributed by atoms with Crippen LogP contribution >= 0.6 is 0 Å². The highest BCUT2D eigenvalue weighted by molar-refractivity contribution is 7.93. The first-order valence-corrected chi connectivity index (χ1v) is 11.1. The largest absolute Gasteiger partial charge is 0.435 e. The lowest BCUT2D eigenvalue weighted by Gasteiger charge is -2.19. The molecule has 11 heteroatoms. The molecule has 1 atom stereocenters. The Hall–Kier alpha value is -3.18. The van der Waals surface area contributed by atoms with Crippen molar-refractivity contribution in [2.45, 2.75) is 32.4 Å². The van der Waals surface area contributed by atoms with Gasteiger partial charge in [-0.05, 0) is 73.4 Å². The average Bonchev–Trinajstić information content (AvgIpc) is 3.23. The Balaban J connectivity index is 1.49. The SMILES string of the molecule is CC(NS(=O)(=O)C1=Cc2ccc(OC(F)F)cc2CC1)c1nc(-c2ccc(F)cc2)no1. The second-order valence-corrected chi connectivity index (χ2v) is 8.92. The van der Waals surface area contributed by atoms with Gasteiger partial charge in [-0.2, -0.15) is 18.5 Å². The summed E-state index contributed by atoms with van der Waals surface area (Å²) in [5.41, 5.74) is 1.86. The third-order valence-electron chi connectivity index (χ3n) is 4.89. The van der Waals surface area contributed by atoms with Gasteiger partial charge in [-0.15, -0.1) is 0 Å². The van der Waals surface area contributed by atoms with Gasteiger partial charge >= 0.3 is 6.61 Å². The van der Waals surface area contributed by atoms with E-state index in [4.69, 9.17) is 4.52 Å². The highest BCUT2D eigenvalue weighted by Crippen LogP contribution is 2.31. The number of fused-ring (bicyclic) bond motifs is 1. The van der Waals surface area contributed by atoms with Gasteiger partial charge in [0.05, 0.1) is 10.9 Å². The summed E-state index contributed by atoms with van der Waals surface area (Å²) in [6, 6.07) is 9.06. The minimum Gasteiger partial charge on any atom is -0.435 e. The Morgan fingerprint density at radius 2 is 1.88 bits per heavy atom. The Bertz CT molecular complexity index is 1260. The summed E-state index contributed by atoms with van der Waals surface area (Å²) in [6.45, 7) is -1.37. The molecule has 7 nitrogen and oxygen atoms in total. The number of ether oxygens (including phenoxy) is 1. The lowest BCUT2D eigenvalue weighted by atomic mass is 9.97. The van der Waals surface area contributed by atoms with E-state index in [0.717, 1.165) is 5.56 Å². The topological polar surface area (TPSA) is 94.3 Å². The zero-order valence-electron chi connectivity index (χ0n) is 16.8. The summed E-state index contributed by atoms with van der Waals surface area (Å²) < 4.78 is 75.7. The fourth-order valence-corrected chi connectivity index (χ4v) is 4.69. The van der Waals surface area contributed by atoms with Crippen molar-refractivity contribution in [3.63, 3.8) is 0 Å². The molecule has 0 bridgehead atoms. The molecule has 0 saturated heterocycles. The molecule has 1 N–H and O–H groups in total. The molecule has 1 unspecified atom stereocenters. The van der Waals surface area contributed by atoms with Crippen molar-refractivity contribution in [2.24, 2.45) is 0 Å². The number of alkyl halides is 2. The van der Waals surface area contributed by atoms with E-state index in [1.807, 2.05) is 0 Å². The highest BCUT2D eigenvalue weighted by Gasteiger charge is 2.27. The molecule has 0 aliphatic heterocycles. The molecule has 0 radical (unpaired) electrons. The molecule has 0 fully saturated rings. The van der Waals surface area contributed by atoms with Crippen LogP contribution in [0.3, 0.4) is 0 Å². The predicted molar refractivity (Wildman–Crippen MR) is 110 cm³/mol. The molecule has 1 aromatic heterocycles. The minimum absolute atomic E-state index is 0.0264. The maximum Gasteiger partial charge on any atom is 0.387 e. The molecule has 0 saturated carbocycles. The summed E-state index contributed by atoms with van der Waals surface area (Å²) >= 11 is 0. The summed E-state index contributed by atoms with van der Waals surface area (Å²) in [4.78, 5) is 4.34. The Morgan fingerprint density at radius 3 is 2.59 bits per heavy atom. The number of benzene rings is 2. The smallest absolute Gasteiger partial charge is 0.387 e. The van der Waals surface area contributed by atoms with Crippen LogP contribution < -0.4 is 9.46 Å². The van der Waals surface area contributed by atoms with Gasteiger partial charge in [0.25, 0.3) is 0 Å². The van der Waals surface area contributed by atoms with E-state index in [1.54, 1.807) is 6.92 Å². The van der Waals surface area contributed by atoms with Gasteiger partial charge in [-0.3, -0.25) is 0 Å². The number of nitrogens with one attached hydrogen (secondary N) is 1. The van der Waals surface area contributed by atoms with E-state index in [2.05, 4.69) is 19.6 Å². The van der Waals surface area contributed by atoms with E-state index in [1.165, 1.54) is 48.5 Å². The Kier molecular flexibility index (Phi) is 6.02. The zero-order valence-corrected chi connectivity index (χ0v) is 17.6. The number of hydrogen-bond acceptors (Lipinski definition) is 6. The number of rotatable bonds is 7. The van der Waals surface area contributed by atoms with Gasteiger partial charge in [-0.25, -0.2) is 12.8 Å². The number of sulfonamides is 1. The van der Waals surface area contributed by atoms with Gasteiger partial charge in [0, 0.05) is 5.56 Å². The molecule has 1 aliphatic carbocycles. The van der Waals surface area contributed by atoms with E-state index in [-0.39, 0.29) is 28.8 Å². The summed E-state index contributed by atoms with van der Waals surface area (Å²) in [5.74, 6) is -0.116. The van der Waals surface area contributed by atoms with E-state index in [9.17, 15) is 21.6 Å². The third-order valence-corrected chi connectivity index (χ3v) is 6.56. The van der Waals surface area contributed by atoms with Gasteiger partial charge in [0.15, 0.2) is 0 Å². The van der Waals surface area contributed by atoms with Crippen LogP contribution in [0.5, 0.6) is 5.75 Å². The first-order chi connectivity index (χ1) is 15.2. The van der Waals surface area contributed by atoms with Gasteiger partial charge in [-0.1, -0.05) is 11.2 Å². The van der Waals surface area contributed by atoms with Crippen molar-refractivity contribution in [2.75, 3.05) is 0 Å². The van der Waals surface area contributed by atoms with Crippen LogP contribution in [0.15, 0.2) is 51.9 Å². The van der Waals surface area contributed by atoms with Crippen LogP contribution in [0.1, 0.15) is 36.4 Å². The number of nitrogens with zero attached hydrogens (tertiary/aromatic N) is 2. The molecule has 4 rings (SSSR count). The van der Waals surface area contributed by atoms with Gasteiger partial charge in [0.1, 0.15) is 11.6 Å². The summed E-state index contributed by atoms with van der Waals surface area (Å²) in [6.07, 6.45) is 2.04. The maximum atomic E-state index is 13.1. The average molecular weight is 465 g/mol. The summed E-state index contributed by atoms with van der Waals surface area (Å²) in [7, 11) is -3.88. The van der Waals surface area contributed by atoms with Crippen LogP contribution in [0.4, 0.5) is 13.2 Å². The van der Waals surface area contributed by atoms with E-state index in [0.29, 0.717) is 17.5 Å². The van der Waals surface area contributed by atoms with Crippen molar-refractivity contribution in [1.29, 1.82) is 0 Å². The molecule has 2 aromatic carbocycles. The molecular formula is C21H18F3N3O4S. The molecule has 1 aliphatic rings. The maximum absolute atomic E-state index is 13.1. The van der Waals surface area contributed by atoms with Crippen LogP contribution in [-0.2, 0) is 16.4 Å².